The summed E-state index contributed by atoms with van der Waals surface area (Å²) in [5.41, 5.74) is -0.358. The van der Waals surface area contributed by atoms with Crippen molar-refractivity contribution < 1.29 is 22.7 Å². The highest BCUT2D eigenvalue weighted by Gasteiger charge is 2.31. The van der Waals surface area contributed by atoms with Gasteiger partial charge in [0.2, 0.25) is 0 Å². The van der Waals surface area contributed by atoms with E-state index in [1.165, 1.54) is 20.0 Å². The third-order valence-electron chi connectivity index (χ3n) is 2.53. The molecule has 2 aromatic rings. The largest absolute Gasteiger partial charge is 0.478 e. The van der Waals surface area contributed by atoms with Gasteiger partial charge >= 0.3 is 5.97 Å². The number of aryl methyl sites for hydroxylation is 3. The number of nitrogens with zero attached hydrogens (tertiary/aromatic N) is 1. The maximum atomic E-state index is 12.3. The average molecular weight is 316 g/mol. The highest BCUT2D eigenvalue weighted by Crippen LogP contribution is 2.29. The molecule has 108 valence electrons. The molecular weight excluding hydrogens is 304 g/mol. The second kappa shape index (κ2) is 4.91. The number of carboxylic acid groups (broad SMARTS) is 1. The van der Waals surface area contributed by atoms with Crippen molar-refractivity contribution in [2.24, 2.45) is 0 Å². The van der Waals surface area contributed by atoms with Crippen LogP contribution >= 0.6 is 11.3 Å². The number of hydrogen-bond acceptors (Lipinski definition) is 6. The van der Waals surface area contributed by atoms with Gasteiger partial charge in [-0.25, -0.2) is 18.2 Å². The van der Waals surface area contributed by atoms with E-state index in [2.05, 4.69) is 9.71 Å². The smallest absolute Gasteiger partial charge is 0.340 e. The van der Waals surface area contributed by atoms with Crippen LogP contribution in [0.4, 0.5) is 5.13 Å². The van der Waals surface area contributed by atoms with Crippen LogP contribution in [0.2, 0.25) is 0 Å². The normalized spacial score (nSPS) is 11.6. The highest BCUT2D eigenvalue weighted by molar-refractivity contribution is 7.93. The van der Waals surface area contributed by atoms with Crippen LogP contribution in [0.15, 0.2) is 15.5 Å². The van der Waals surface area contributed by atoms with Gasteiger partial charge in [0.05, 0.1) is 0 Å². The molecule has 0 aromatic carbocycles. The number of aromatic nitrogens is 1. The summed E-state index contributed by atoms with van der Waals surface area (Å²) in [6.45, 7) is 4.59. The lowest BCUT2D eigenvalue weighted by molar-refractivity contribution is 0.0691. The number of hydrogen-bond donors (Lipinski definition) is 2. The molecule has 9 heteroatoms. The fourth-order valence-corrected chi connectivity index (χ4v) is 4.12. The number of furan rings is 1. The molecule has 2 heterocycles. The van der Waals surface area contributed by atoms with Gasteiger partial charge in [0.15, 0.2) is 5.13 Å². The number of aromatic carboxylic acids is 1. The molecule has 20 heavy (non-hydrogen) atoms. The first kappa shape index (κ1) is 14.5. The molecule has 0 unspecified atom stereocenters. The summed E-state index contributed by atoms with van der Waals surface area (Å²) < 4.78 is 32.0. The van der Waals surface area contributed by atoms with Gasteiger partial charge in [-0.1, -0.05) is 0 Å². The van der Waals surface area contributed by atoms with E-state index in [4.69, 9.17) is 9.52 Å². The Morgan fingerprint density at radius 3 is 2.50 bits per heavy atom. The Morgan fingerprint density at radius 1 is 1.35 bits per heavy atom. The molecule has 0 atom stereocenters. The summed E-state index contributed by atoms with van der Waals surface area (Å²) in [5.74, 6) is -1.28. The number of anilines is 1. The van der Waals surface area contributed by atoms with Crippen molar-refractivity contribution in [3.63, 3.8) is 0 Å². The molecular formula is C11H12N2O5S2. The van der Waals surface area contributed by atoms with E-state index < -0.39 is 16.0 Å². The second-order valence-electron chi connectivity index (χ2n) is 4.11. The monoisotopic (exact) mass is 316 g/mol. The summed E-state index contributed by atoms with van der Waals surface area (Å²) in [6.07, 6.45) is 1.52. The topological polar surface area (TPSA) is 110 Å². The first-order valence-electron chi connectivity index (χ1n) is 5.51. The summed E-state index contributed by atoms with van der Waals surface area (Å²) >= 11 is 1.16. The zero-order valence-corrected chi connectivity index (χ0v) is 12.6. The number of carboxylic acids is 1. The second-order valence-corrected chi connectivity index (χ2v) is 6.96. The summed E-state index contributed by atoms with van der Waals surface area (Å²) in [4.78, 5) is 15.6. The molecule has 2 rings (SSSR count). The van der Waals surface area contributed by atoms with Crippen LogP contribution in [0.5, 0.6) is 0 Å². The van der Waals surface area contributed by atoms with Gasteiger partial charge in [0, 0.05) is 11.1 Å². The molecule has 2 aromatic heterocycles. The fraction of sp³-hybridized carbons (Fsp3) is 0.273. The van der Waals surface area contributed by atoms with Crippen LogP contribution in [0.25, 0.3) is 0 Å². The maximum absolute atomic E-state index is 12.3. The lowest BCUT2D eigenvalue weighted by atomic mass is 10.2. The highest BCUT2D eigenvalue weighted by atomic mass is 32.2. The standard InChI is InChI=1S/C11H12N2O5S2/c1-5-4-12-11(19-5)13-20(16,17)9-7(3)18-6(2)8(9)10(14)15/h4H,1-3H3,(H,12,13)(H,14,15). The number of carbonyl (C=O) groups is 1. The van der Waals surface area contributed by atoms with Gasteiger partial charge in [-0.2, -0.15) is 0 Å². The molecule has 0 amide bonds. The van der Waals surface area contributed by atoms with E-state index in [0.717, 1.165) is 16.2 Å². The third-order valence-corrected chi connectivity index (χ3v) is 4.98. The molecule has 0 aliphatic carbocycles. The fourth-order valence-electron chi connectivity index (χ4n) is 1.80. The molecule has 0 saturated heterocycles. The lowest BCUT2D eigenvalue weighted by Gasteiger charge is -2.05. The van der Waals surface area contributed by atoms with Gasteiger partial charge in [-0.05, 0) is 20.8 Å². The lowest BCUT2D eigenvalue weighted by Crippen LogP contribution is -2.16. The van der Waals surface area contributed by atoms with Gasteiger partial charge in [0.1, 0.15) is 22.0 Å². The van der Waals surface area contributed by atoms with Crippen LogP contribution < -0.4 is 4.72 Å². The van der Waals surface area contributed by atoms with Crippen molar-refractivity contribution in [1.29, 1.82) is 0 Å². The summed E-state index contributed by atoms with van der Waals surface area (Å²) in [5, 5.41) is 9.31. The zero-order valence-electron chi connectivity index (χ0n) is 10.9. The Hall–Kier alpha value is -1.87. The molecule has 2 N–H and O–H groups in total. The molecule has 7 nitrogen and oxygen atoms in total. The van der Waals surface area contributed by atoms with Crippen LogP contribution in [0, 0.1) is 20.8 Å². The van der Waals surface area contributed by atoms with E-state index in [9.17, 15) is 13.2 Å². The van der Waals surface area contributed by atoms with Gasteiger partial charge in [0.25, 0.3) is 10.0 Å². The van der Waals surface area contributed by atoms with Gasteiger partial charge in [-0.15, -0.1) is 11.3 Å². The number of sulfonamides is 1. The zero-order chi connectivity index (χ0) is 15.1. The minimum Gasteiger partial charge on any atom is -0.478 e. The average Bonchev–Trinajstić information content (AvgIpc) is 2.81. The van der Waals surface area contributed by atoms with Crippen molar-refractivity contribution in [3.05, 3.63) is 28.2 Å². The van der Waals surface area contributed by atoms with Crippen LogP contribution in [0.3, 0.4) is 0 Å². The SMILES string of the molecule is Cc1cnc(NS(=O)(=O)c2c(C)oc(C)c2C(=O)O)s1. The summed E-state index contributed by atoms with van der Waals surface area (Å²) in [6, 6.07) is 0. The third kappa shape index (κ3) is 2.54. The van der Waals surface area contributed by atoms with E-state index >= 15 is 0 Å². The molecule has 0 bridgehead atoms. The Kier molecular flexibility index (Phi) is 3.57. The predicted octanol–water partition coefficient (Wildman–Crippen LogP) is 2.16. The molecule has 0 aliphatic heterocycles. The number of nitrogens with one attached hydrogen (secondary N) is 1. The van der Waals surface area contributed by atoms with Crippen molar-refractivity contribution in [1.82, 2.24) is 4.98 Å². The van der Waals surface area contributed by atoms with E-state index in [1.807, 2.05) is 0 Å². The first-order valence-corrected chi connectivity index (χ1v) is 7.81. The Labute approximate surface area is 119 Å². The van der Waals surface area contributed by atoms with Crippen molar-refractivity contribution in [2.75, 3.05) is 4.72 Å². The minimum absolute atomic E-state index is 0.0284. The predicted molar refractivity (Wildman–Crippen MR) is 72.8 cm³/mol. The Morgan fingerprint density at radius 2 is 2.00 bits per heavy atom. The van der Waals surface area contributed by atoms with E-state index in [1.54, 1.807) is 6.92 Å². The van der Waals surface area contributed by atoms with Crippen LogP contribution in [-0.4, -0.2) is 24.5 Å². The number of rotatable bonds is 4. The molecule has 0 fully saturated rings. The van der Waals surface area contributed by atoms with Crippen LogP contribution in [0.1, 0.15) is 26.8 Å². The van der Waals surface area contributed by atoms with Gasteiger partial charge in [-0.3, -0.25) is 4.72 Å². The Bertz CT molecular complexity index is 773. The molecule has 0 spiro atoms. The van der Waals surface area contributed by atoms with E-state index in [0.29, 0.717) is 0 Å². The van der Waals surface area contributed by atoms with Crippen LogP contribution in [-0.2, 0) is 10.0 Å². The van der Waals surface area contributed by atoms with Crippen molar-refractivity contribution in [3.8, 4) is 0 Å². The van der Waals surface area contributed by atoms with Crippen molar-refractivity contribution >= 4 is 32.5 Å². The van der Waals surface area contributed by atoms with E-state index in [-0.39, 0.29) is 27.1 Å². The number of thiazole rings is 1. The van der Waals surface area contributed by atoms with Gasteiger partial charge < -0.3 is 9.52 Å². The quantitative estimate of drug-likeness (QED) is 0.894. The maximum Gasteiger partial charge on any atom is 0.340 e. The summed E-state index contributed by atoms with van der Waals surface area (Å²) in [7, 11) is -4.06. The Balaban J connectivity index is 2.52. The molecule has 0 aliphatic rings. The minimum atomic E-state index is -4.06. The first-order chi connectivity index (χ1) is 9.22. The molecule has 0 radical (unpaired) electrons. The molecule has 0 saturated carbocycles. The van der Waals surface area contributed by atoms with Crippen molar-refractivity contribution in [2.45, 2.75) is 25.7 Å².